The summed E-state index contributed by atoms with van der Waals surface area (Å²) in [4.78, 5) is 19.9. The average molecular weight is 412 g/mol. The van der Waals surface area contributed by atoms with Crippen LogP contribution < -0.4 is 14.8 Å². The summed E-state index contributed by atoms with van der Waals surface area (Å²) < 4.78 is 32.4. The van der Waals surface area contributed by atoms with Crippen LogP contribution in [-0.2, 0) is 21.2 Å². The third-order valence-corrected chi connectivity index (χ3v) is 5.18. The first-order chi connectivity index (χ1) is 14.0. The van der Waals surface area contributed by atoms with E-state index in [1.165, 1.54) is 36.7 Å². The van der Waals surface area contributed by atoms with Gasteiger partial charge in [-0.25, -0.2) is 23.1 Å². The molecule has 150 valence electrons. The Bertz CT molecular complexity index is 1050. The topological polar surface area (TPSA) is 110 Å². The van der Waals surface area contributed by atoms with Gasteiger partial charge in [0.25, 0.3) is 10.0 Å². The predicted molar refractivity (Wildman–Crippen MR) is 109 cm³/mol. The van der Waals surface area contributed by atoms with Crippen molar-refractivity contribution in [3.63, 3.8) is 0 Å². The zero-order chi connectivity index (χ0) is 20.7. The number of ether oxygens (including phenoxy) is 1. The van der Waals surface area contributed by atoms with Crippen molar-refractivity contribution >= 4 is 27.6 Å². The first-order valence-electron chi connectivity index (χ1n) is 8.88. The first kappa shape index (κ1) is 20.3. The van der Waals surface area contributed by atoms with E-state index in [4.69, 9.17) is 4.74 Å². The quantitative estimate of drug-likeness (QED) is 0.589. The predicted octanol–water partition coefficient (Wildman–Crippen LogP) is 2.86. The van der Waals surface area contributed by atoms with Crippen LogP contribution in [0.15, 0.2) is 71.9 Å². The minimum atomic E-state index is -3.82. The number of nitrogens with zero attached hydrogens (tertiary/aromatic N) is 2. The molecule has 0 aliphatic carbocycles. The Morgan fingerprint density at radius 2 is 1.66 bits per heavy atom. The van der Waals surface area contributed by atoms with Crippen molar-refractivity contribution in [3.05, 3.63) is 72.6 Å². The Morgan fingerprint density at radius 1 is 1.00 bits per heavy atom. The first-order valence-corrected chi connectivity index (χ1v) is 10.4. The van der Waals surface area contributed by atoms with Crippen molar-refractivity contribution in [1.82, 2.24) is 9.97 Å². The van der Waals surface area contributed by atoms with Crippen LogP contribution >= 0.6 is 0 Å². The second-order valence-corrected chi connectivity index (χ2v) is 7.69. The van der Waals surface area contributed by atoms with Crippen LogP contribution in [0.5, 0.6) is 5.75 Å². The second kappa shape index (κ2) is 9.16. The summed E-state index contributed by atoms with van der Waals surface area (Å²) in [5.41, 5.74) is 1.34. The van der Waals surface area contributed by atoms with Crippen LogP contribution in [0.4, 0.5) is 11.6 Å². The van der Waals surface area contributed by atoms with Crippen molar-refractivity contribution in [2.75, 3.05) is 16.6 Å². The van der Waals surface area contributed by atoms with E-state index in [-0.39, 0.29) is 23.2 Å². The van der Waals surface area contributed by atoms with Gasteiger partial charge in [-0.1, -0.05) is 12.1 Å². The van der Waals surface area contributed by atoms with E-state index in [1.54, 1.807) is 6.07 Å². The fraction of sp³-hybridized carbons (Fsp3) is 0.150. The van der Waals surface area contributed by atoms with Gasteiger partial charge in [0.15, 0.2) is 0 Å². The maximum atomic E-state index is 12.4. The number of hydrogen-bond donors (Lipinski definition) is 2. The molecule has 0 fully saturated rings. The van der Waals surface area contributed by atoms with Crippen molar-refractivity contribution in [1.29, 1.82) is 0 Å². The van der Waals surface area contributed by atoms with E-state index in [2.05, 4.69) is 20.0 Å². The zero-order valence-electron chi connectivity index (χ0n) is 15.7. The number of rotatable bonds is 8. The lowest BCUT2D eigenvalue weighted by molar-refractivity contribution is -0.115. The summed E-state index contributed by atoms with van der Waals surface area (Å²) in [7, 11) is -3.82. The summed E-state index contributed by atoms with van der Waals surface area (Å²) >= 11 is 0. The number of aromatic nitrogens is 2. The maximum absolute atomic E-state index is 12.4. The van der Waals surface area contributed by atoms with Gasteiger partial charge in [0, 0.05) is 18.1 Å². The average Bonchev–Trinajstić information content (AvgIpc) is 2.70. The number of carbonyl (C=O) groups is 1. The van der Waals surface area contributed by atoms with Gasteiger partial charge >= 0.3 is 0 Å². The lowest BCUT2D eigenvalue weighted by atomic mass is 10.1. The molecule has 0 atom stereocenters. The summed E-state index contributed by atoms with van der Waals surface area (Å²) in [6.45, 7) is 2.49. The van der Waals surface area contributed by atoms with Crippen molar-refractivity contribution in [2.24, 2.45) is 0 Å². The highest BCUT2D eigenvalue weighted by molar-refractivity contribution is 7.92. The van der Waals surface area contributed by atoms with Gasteiger partial charge in [-0.05, 0) is 55.0 Å². The minimum Gasteiger partial charge on any atom is -0.494 e. The molecule has 29 heavy (non-hydrogen) atoms. The molecule has 1 amide bonds. The van der Waals surface area contributed by atoms with Gasteiger partial charge in [-0.2, -0.15) is 0 Å². The number of amides is 1. The van der Waals surface area contributed by atoms with Crippen LogP contribution in [0, 0.1) is 0 Å². The molecule has 0 bridgehead atoms. The Labute approximate surface area is 169 Å². The van der Waals surface area contributed by atoms with Crippen LogP contribution in [0.25, 0.3) is 0 Å². The molecule has 0 aliphatic rings. The highest BCUT2D eigenvalue weighted by atomic mass is 32.2. The molecular formula is C20H20N4O4S. The van der Waals surface area contributed by atoms with Gasteiger partial charge in [-0.15, -0.1) is 0 Å². The van der Waals surface area contributed by atoms with Gasteiger partial charge in [0.05, 0.1) is 17.9 Å². The van der Waals surface area contributed by atoms with E-state index < -0.39 is 10.0 Å². The van der Waals surface area contributed by atoms with E-state index in [1.807, 2.05) is 31.2 Å². The number of nitrogens with one attached hydrogen (secondary N) is 2. The van der Waals surface area contributed by atoms with Gasteiger partial charge in [0.1, 0.15) is 5.75 Å². The second-order valence-electron chi connectivity index (χ2n) is 6.00. The minimum absolute atomic E-state index is 0.0137. The molecule has 0 aliphatic heterocycles. The molecule has 0 spiro atoms. The number of carbonyl (C=O) groups excluding carboxylic acids is 1. The summed E-state index contributed by atoms with van der Waals surface area (Å²) in [6.07, 6.45) is 3.07. The van der Waals surface area contributed by atoms with Crippen LogP contribution in [0.1, 0.15) is 12.5 Å². The van der Waals surface area contributed by atoms with Gasteiger partial charge in [0.2, 0.25) is 11.9 Å². The monoisotopic (exact) mass is 412 g/mol. The molecule has 3 rings (SSSR count). The van der Waals surface area contributed by atoms with Crippen molar-refractivity contribution in [2.45, 2.75) is 18.2 Å². The third-order valence-electron chi connectivity index (χ3n) is 3.84. The molecule has 8 nitrogen and oxygen atoms in total. The van der Waals surface area contributed by atoms with Crippen LogP contribution in [0.3, 0.4) is 0 Å². The summed E-state index contributed by atoms with van der Waals surface area (Å²) in [6, 6.07) is 14.7. The van der Waals surface area contributed by atoms with Crippen molar-refractivity contribution in [3.8, 4) is 5.75 Å². The lowest BCUT2D eigenvalue weighted by Gasteiger charge is -2.09. The number of hydrogen-bond acceptors (Lipinski definition) is 6. The molecule has 1 heterocycles. The molecule has 2 N–H and O–H groups in total. The lowest BCUT2D eigenvalue weighted by Crippen LogP contribution is -2.16. The fourth-order valence-electron chi connectivity index (χ4n) is 2.51. The van der Waals surface area contributed by atoms with E-state index >= 15 is 0 Å². The number of benzene rings is 2. The summed E-state index contributed by atoms with van der Waals surface area (Å²) in [5, 5.41) is 2.75. The molecule has 9 heteroatoms. The summed E-state index contributed by atoms with van der Waals surface area (Å²) in [5.74, 6) is 0.531. The van der Waals surface area contributed by atoms with Crippen molar-refractivity contribution < 1.29 is 17.9 Å². The Morgan fingerprint density at radius 3 is 2.28 bits per heavy atom. The Kier molecular flexibility index (Phi) is 6.40. The van der Waals surface area contributed by atoms with Crippen LogP contribution in [0.2, 0.25) is 0 Å². The van der Waals surface area contributed by atoms with Gasteiger partial charge < -0.3 is 10.1 Å². The largest absolute Gasteiger partial charge is 0.494 e. The van der Waals surface area contributed by atoms with Gasteiger partial charge in [-0.3, -0.25) is 4.79 Å². The highest BCUT2D eigenvalue weighted by Gasteiger charge is 2.15. The fourth-order valence-corrected chi connectivity index (χ4v) is 3.47. The number of anilines is 2. The van der Waals surface area contributed by atoms with E-state index in [9.17, 15) is 13.2 Å². The standard InChI is InChI=1S/C20H20N4O4S/c1-2-28-17-8-4-15(5-9-17)14-19(25)23-16-6-10-18(11-7-16)29(26,27)24-20-21-12-3-13-22-20/h3-13H,2,14H2,1H3,(H,23,25)(H,21,22,24). The normalized spacial score (nSPS) is 10.9. The van der Waals surface area contributed by atoms with Crippen LogP contribution in [-0.4, -0.2) is 30.9 Å². The molecule has 1 aromatic heterocycles. The maximum Gasteiger partial charge on any atom is 0.264 e. The molecule has 0 saturated heterocycles. The Hall–Kier alpha value is -3.46. The zero-order valence-corrected chi connectivity index (χ0v) is 16.5. The highest BCUT2D eigenvalue weighted by Crippen LogP contribution is 2.17. The third kappa shape index (κ3) is 5.76. The van der Waals surface area contributed by atoms with E-state index in [0.717, 1.165) is 11.3 Å². The van der Waals surface area contributed by atoms with E-state index in [0.29, 0.717) is 12.3 Å². The molecule has 3 aromatic rings. The molecular weight excluding hydrogens is 392 g/mol. The molecule has 0 unspecified atom stereocenters. The molecule has 2 aromatic carbocycles. The number of sulfonamides is 1. The Balaban J connectivity index is 1.60. The molecule has 0 radical (unpaired) electrons. The SMILES string of the molecule is CCOc1ccc(CC(=O)Nc2ccc(S(=O)(=O)Nc3ncccn3)cc2)cc1. The molecule has 0 saturated carbocycles. The smallest absolute Gasteiger partial charge is 0.264 e.